The van der Waals surface area contributed by atoms with Crippen LogP contribution in [0.1, 0.15) is 23.5 Å². The zero-order chi connectivity index (χ0) is 12.5. The lowest BCUT2D eigenvalue weighted by Crippen LogP contribution is -2.05. The first-order chi connectivity index (χ1) is 8.85. The van der Waals surface area contributed by atoms with Crippen LogP contribution in [0.2, 0.25) is 0 Å². The molecule has 0 amide bonds. The summed E-state index contributed by atoms with van der Waals surface area (Å²) in [4.78, 5) is 0. The summed E-state index contributed by atoms with van der Waals surface area (Å²) in [5.74, 6) is 3.19. The van der Waals surface area contributed by atoms with Crippen LogP contribution in [0.3, 0.4) is 0 Å². The van der Waals surface area contributed by atoms with E-state index in [1.54, 1.807) is 6.08 Å². The van der Waals surface area contributed by atoms with Gasteiger partial charge in [0.2, 0.25) is 0 Å². The van der Waals surface area contributed by atoms with Crippen LogP contribution in [-0.2, 0) is 6.42 Å². The van der Waals surface area contributed by atoms with Gasteiger partial charge in [-0.1, -0.05) is 12.7 Å². The van der Waals surface area contributed by atoms with Gasteiger partial charge in [0.05, 0.1) is 6.61 Å². The normalized spacial score (nSPS) is 24.3. The third-order valence-corrected chi connectivity index (χ3v) is 3.84. The third-order valence-electron chi connectivity index (χ3n) is 3.84. The van der Waals surface area contributed by atoms with E-state index >= 15 is 0 Å². The van der Waals surface area contributed by atoms with Crippen molar-refractivity contribution in [2.45, 2.75) is 18.8 Å². The fourth-order valence-corrected chi connectivity index (χ4v) is 2.82. The molecule has 3 rings (SSSR count). The van der Waals surface area contributed by atoms with Crippen LogP contribution in [0.4, 0.5) is 0 Å². The minimum absolute atomic E-state index is 0.548. The Labute approximate surface area is 108 Å². The van der Waals surface area contributed by atoms with Crippen molar-refractivity contribution in [2.24, 2.45) is 11.7 Å². The number of benzene rings is 1. The SMILES string of the molecule is C=CCOc1ccc2c(c1[C@@H]1C[C@H]1CN)CCO2. The summed E-state index contributed by atoms with van der Waals surface area (Å²) in [5, 5.41) is 0. The predicted octanol–water partition coefficient (Wildman–Crippen LogP) is 2.25. The third kappa shape index (κ3) is 1.89. The molecule has 1 heterocycles. The van der Waals surface area contributed by atoms with Gasteiger partial charge in [0, 0.05) is 17.5 Å². The Morgan fingerprint density at radius 1 is 1.50 bits per heavy atom. The molecule has 18 heavy (non-hydrogen) atoms. The number of ether oxygens (including phenoxy) is 2. The zero-order valence-corrected chi connectivity index (χ0v) is 10.5. The van der Waals surface area contributed by atoms with Crippen LogP contribution in [0.25, 0.3) is 0 Å². The highest BCUT2D eigenvalue weighted by molar-refractivity contribution is 5.54. The van der Waals surface area contributed by atoms with Crippen molar-refractivity contribution in [3.63, 3.8) is 0 Å². The summed E-state index contributed by atoms with van der Waals surface area (Å²) in [7, 11) is 0. The Balaban J connectivity index is 1.96. The molecule has 1 fully saturated rings. The van der Waals surface area contributed by atoms with Crippen molar-refractivity contribution in [3.05, 3.63) is 35.9 Å². The van der Waals surface area contributed by atoms with E-state index in [-0.39, 0.29) is 0 Å². The Hall–Kier alpha value is -1.48. The minimum Gasteiger partial charge on any atom is -0.493 e. The second-order valence-corrected chi connectivity index (χ2v) is 4.99. The quantitative estimate of drug-likeness (QED) is 0.809. The molecule has 2 N–H and O–H groups in total. The fourth-order valence-electron chi connectivity index (χ4n) is 2.82. The molecule has 0 bridgehead atoms. The molecular weight excluding hydrogens is 226 g/mol. The maximum atomic E-state index is 5.79. The minimum atomic E-state index is 0.548. The molecule has 0 saturated heterocycles. The molecule has 1 aliphatic carbocycles. The van der Waals surface area contributed by atoms with Crippen LogP contribution in [0.5, 0.6) is 11.5 Å². The molecule has 96 valence electrons. The van der Waals surface area contributed by atoms with E-state index in [0.29, 0.717) is 18.4 Å². The summed E-state index contributed by atoms with van der Waals surface area (Å²) in [6.07, 6.45) is 3.95. The first kappa shape index (κ1) is 11.6. The zero-order valence-electron chi connectivity index (χ0n) is 10.5. The van der Waals surface area contributed by atoms with Gasteiger partial charge in [-0.05, 0) is 36.9 Å². The molecule has 1 aliphatic heterocycles. The molecule has 1 aromatic rings. The average Bonchev–Trinajstić information content (AvgIpc) is 3.02. The lowest BCUT2D eigenvalue weighted by atomic mass is 9.98. The van der Waals surface area contributed by atoms with Gasteiger partial charge in [0.15, 0.2) is 0 Å². The highest BCUT2D eigenvalue weighted by atomic mass is 16.5. The van der Waals surface area contributed by atoms with E-state index in [0.717, 1.165) is 31.1 Å². The molecule has 2 aliphatic rings. The highest BCUT2D eigenvalue weighted by Gasteiger charge is 2.41. The standard InChI is InChI=1S/C15H19NO2/c1-2-6-17-14-4-3-13-11(5-7-18-13)15(14)12-8-10(12)9-16/h2-4,10,12H,1,5-9,16H2/t10-,12+/m0/s1. The number of fused-ring (bicyclic) bond motifs is 1. The molecule has 0 unspecified atom stereocenters. The Kier molecular flexibility index (Phi) is 3.00. The van der Waals surface area contributed by atoms with Gasteiger partial charge in [-0.15, -0.1) is 0 Å². The summed E-state index contributed by atoms with van der Waals surface area (Å²) in [6.45, 7) is 5.79. The van der Waals surface area contributed by atoms with E-state index in [4.69, 9.17) is 15.2 Å². The van der Waals surface area contributed by atoms with Crippen molar-refractivity contribution in [2.75, 3.05) is 19.8 Å². The molecule has 3 heteroatoms. The second kappa shape index (κ2) is 4.65. The van der Waals surface area contributed by atoms with Crippen molar-refractivity contribution in [1.82, 2.24) is 0 Å². The molecule has 1 saturated carbocycles. The van der Waals surface area contributed by atoms with Gasteiger partial charge < -0.3 is 15.2 Å². The molecular formula is C15H19NO2. The Morgan fingerprint density at radius 2 is 2.39 bits per heavy atom. The van der Waals surface area contributed by atoms with E-state index in [1.165, 1.54) is 17.5 Å². The summed E-state index contributed by atoms with van der Waals surface area (Å²) in [6, 6.07) is 4.04. The number of hydrogen-bond donors (Lipinski definition) is 1. The van der Waals surface area contributed by atoms with E-state index in [1.807, 2.05) is 12.1 Å². The fraction of sp³-hybridized carbons (Fsp3) is 0.467. The van der Waals surface area contributed by atoms with Gasteiger partial charge in [-0.3, -0.25) is 0 Å². The van der Waals surface area contributed by atoms with Gasteiger partial charge in [-0.25, -0.2) is 0 Å². The summed E-state index contributed by atoms with van der Waals surface area (Å²) in [5.41, 5.74) is 8.44. The molecule has 0 radical (unpaired) electrons. The Morgan fingerprint density at radius 3 is 3.11 bits per heavy atom. The predicted molar refractivity (Wildman–Crippen MR) is 71.2 cm³/mol. The van der Waals surface area contributed by atoms with E-state index in [2.05, 4.69) is 6.58 Å². The maximum absolute atomic E-state index is 5.79. The number of rotatable bonds is 5. The van der Waals surface area contributed by atoms with Gasteiger partial charge >= 0.3 is 0 Å². The first-order valence-electron chi connectivity index (χ1n) is 6.57. The summed E-state index contributed by atoms with van der Waals surface area (Å²) >= 11 is 0. The average molecular weight is 245 g/mol. The molecule has 1 aromatic carbocycles. The first-order valence-corrected chi connectivity index (χ1v) is 6.57. The molecule has 3 nitrogen and oxygen atoms in total. The maximum Gasteiger partial charge on any atom is 0.123 e. The second-order valence-electron chi connectivity index (χ2n) is 4.99. The van der Waals surface area contributed by atoms with E-state index in [9.17, 15) is 0 Å². The summed E-state index contributed by atoms with van der Waals surface area (Å²) < 4.78 is 11.4. The van der Waals surface area contributed by atoms with Crippen molar-refractivity contribution >= 4 is 0 Å². The van der Waals surface area contributed by atoms with Crippen molar-refractivity contribution < 1.29 is 9.47 Å². The van der Waals surface area contributed by atoms with Crippen molar-refractivity contribution in [1.29, 1.82) is 0 Å². The van der Waals surface area contributed by atoms with Crippen LogP contribution >= 0.6 is 0 Å². The molecule has 2 atom stereocenters. The number of hydrogen-bond acceptors (Lipinski definition) is 3. The smallest absolute Gasteiger partial charge is 0.123 e. The lowest BCUT2D eigenvalue weighted by molar-refractivity contribution is 0.352. The monoisotopic (exact) mass is 245 g/mol. The van der Waals surface area contributed by atoms with E-state index < -0.39 is 0 Å². The van der Waals surface area contributed by atoms with Gasteiger partial charge in [0.1, 0.15) is 18.1 Å². The largest absolute Gasteiger partial charge is 0.493 e. The Bertz CT molecular complexity index is 470. The van der Waals surface area contributed by atoms with Crippen molar-refractivity contribution in [3.8, 4) is 11.5 Å². The number of nitrogens with two attached hydrogens (primary N) is 1. The van der Waals surface area contributed by atoms with Crippen LogP contribution < -0.4 is 15.2 Å². The van der Waals surface area contributed by atoms with Crippen LogP contribution in [0, 0.1) is 5.92 Å². The van der Waals surface area contributed by atoms with Crippen LogP contribution in [-0.4, -0.2) is 19.8 Å². The highest BCUT2D eigenvalue weighted by Crippen LogP contribution is 2.53. The molecule has 0 spiro atoms. The van der Waals surface area contributed by atoms with Gasteiger partial charge in [0.25, 0.3) is 0 Å². The topological polar surface area (TPSA) is 44.5 Å². The molecule has 0 aromatic heterocycles. The van der Waals surface area contributed by atoms with Crippen LogP contribution in [0.15, 0.2) is 24.8 Å². The lowest BCUT2D eigenvalue weighted by Gasteiger charge is -2.14. The van der Waals surface area contributed by atoms with Gasteiger partial charge in [-0.2, -0.15) is 0 Å².